The molecule has 8 rings (SSSR count). The molecule has 13 heteroatoms. The van der Waals surface area contributed by atoms with Gasteiger partial charge in [-0.05, 0) is 36.4 Å². The van der Waals surface area contributed by atoms with Crippen molar-refractivity contribution in [2.75, 3.05) is 6.61 Å². The number of nitrogens with one attached hydrogen (secondary N) is 1. The van der Waals surface area contributed by atoms with Crippen LogP contribution in [0.5, 0.6) is 0 Å². The van der Waals surface area contributed by atoms with E-state index in [4.69, 9.17) is 28.9 Å². The van der Waals surface area contributed by atoms with Crippen molar-refractivity contribution >= 4 is 29.1 Å². The van der Waals surface area contributed by atoms with Crippen molar-refractivity contribution in [3.05, 3.63) is 189 Å². The fourth-order valence-corrected chi connectivity index (χ4v) is 6.53. The van der Waals surface area contributed by atoms with Gasteiger partial charge in [-0.2, -0.15) is 0 Å². The van der Waals surface area contributed by atoms with Crippen molar-refractivity contribution in [3.8, 4) is 22.5 Å². The Bertz CT molecular complexity index is 2670. The summed E-state index contributed by atoms with van der Waals surface area (Å²) in [6, 6.07) is 42.5. The second-order valence-corrected chi connectivity index (χ2v) is 13.0. The molecule has 2 aromatic heterocycles. The number of hydrogen-bond donors (Lipinski definition) is 1. The Morgan fingerprint density at radius 2 is 1.02 bits per heavy atom. The molecule has 282 valence electrons. The Hall–Kier alpha value is -7.51. The minimum Gasteiger partial charge on any atom is -0.459 e. The normalized spacial score (nSPS) is 17.5. The third kappa shape index (κ3) is 7.59. The highest BCUT2D eigenvalue weighted by atomic mass is 16.7. The number of benzene rings is 5. The molecule has 57 heavy (non-hydrogen) atoms. The molecular formula is C44H32N4O9. The highest BCUT2D eigenvalue weighted by Crippen LogP contribution is 2.35. The molecule has 1 saturated heterocycles. The van der Waals surface area contributed by atoms with Crippen LogP contribution in [-0.4, -0.2) is 62.3 Å². The van der Waals surface area contributed by atoms with Crippen LogP contribution in [0.4, 0.5) is 0 Å². The molecule has 7 aromatic rings. The lowest BCUT2D eigenvalue weighted by Crippen LogP contribution is -2.46. The van der Waals surface area contributed by atoms with Crippen LogP contribution in [0.2, 0.25) is 0 Å². The third-order valence-electron chi connectivity index (χ3n) is 9.29. The van der Waals surface area contributed by atoms with Crippen molar-refractivity contribution in [2.24, 2.45) is 0 Å². The maximum absolute atomic E-state index is 14.6. The van der Waals surface area contributed by atoms with Crippen LogP contribution in [0.25, 0.3) is 33.7 Å². The van der Waals surface area contributed by atoms with E-state index in [1.54, 1.807) is 66.7 Å². The summed E-state index contributed by atoms with van der Waals surface area (Å²) in [5.74, 6) is -2.40. The summed E-state index contributed by atoms with van der Waals surface area (Å²) in [5.41, 5.74) is 0.434. The number of carbonyl (C=O) groups excluding carboxylic acids is 3. The quantitative estimate of drug-likeness (QED) is 0.128. The number of ether oxygens (including phenoxy) is 4. The predicted octanol–water partition coefficient (Wildman–Crippen LogP) is 6.02. The van der Waals surface area contributed by atoms with Crippen molar-refractivity contribution < 1.29 is 33.3 Å². The molecule has 1 aliphatic rings. The van der Waals surface area contributed by atoms with Crippen LogP contribution in [0.15, 0.2) is 161 Å². The standard InChI is InChI=1S/C44H32N4O9/c49-39-35-38(46-34(28-18-8-2-9-19-28)33(45-35)27-16-6-1-7-17-27)47-44(53)48(39)40-37(57-43(52)31-24-14-5-15-25-31)36(56-42(51)30-22-12-4-13-23-30)32(55-40)26-54-41(50)29-20-10-3-11-21-29/h1-25,32,36-37,40H,26H2,(H,46,47,53)/t32-,36-,37-,40-/m1/s1. The van der Waals surface area contributed by atoms with Gasteiger partial charge in [-0.15, -0.1) is 0 Å². The lowest BCUT2D eigenvalue weighted by atomic mass is 10.0. The Balaban J connectivity index is 1.26. The number of carbonyl (C=O) groups is 3. The molecule has 0 aliphatic carbocycles. The first kappa shape index (κ1) is 36.5. The first-order chi connectivity index (χ1) is 27.9. The average Bonchev–Trinajstić information content (AvgIpc) is 3.58. The Morgan fingerprint density at radius 3 is 1.53 bits per heavy atom. The van der Waals surface area contributed by atoms with Gasteiger partial charge in [0.05, 0.1) is 28.1 Å². The van der Waals surface area contributed by atoms with E-state index in [0.717, 1.165) is 0 Å². The molecule has 0 radical (unpaired) electrons. The molecule has 3 heterocycles. The minimum absolute atomic E-state index is 0.101. The lowest BCUT2D eigenvalue weighted by Gasteiger charge is -2.25. The maximum atomic E-state index is 14.6. The van der Waals surface area contributed by atoms with Gasteiger partial charge in [0.15, 0.2) is 29.6 Å². The van der Waals surface area contributed by atoms with Gasteiger partial charge in [0.1, 0.15) is 12.7 Å². The first-order valence-corrected chi connectivity index (χ1v) is 17.9. The van der Waals surface area contributed by atoms with E-state index >= 15 is 0 Å². The summed E-state index contributed by atoms with van der Waals surface area (Å²) in [4.78, 5) is 81.2. The average molecular weight is 761 g/mol. The number of nitrogens with zero attached hydrogens (tertiary/aromatic N) is 3. The zero-order chi connectivity index (χ0) is 39.3. The molecule has 0 saturated carbocycles. The van der Waals surface area contributed by atoms with E-state index in [9.17, 15) is 24.0 Å². The molecule has 5 aromatic carbocycles. The maximum Gasteiger partial charge on any atom is 0.338 e. The minimum atomic E-state index is -1.71. The highest BCUT2D eigenvalue weighted by Gasteiger charge is 2.52. The van der Waals surface area contributed by atoms with Crippen LogP contribution in [0.1, 0.15) is 37.3 Å². The molecule has 1 aliphatic heterocycles. The van der Waals surface area contributed by atoms with Gasteiger partial charge < -0.3 is 18.9 Å². The van der Waals surface area contributed by atoms with Gasteiger partial charge >= 0.3 is 23.6 Å². The van der Waals surface area contributed by atoms with E-state index in [1.807, 2.05) is 60.7 Å². The van der Waals surface area contributed by atoms with E-state index < -0.39 is 60.3 Å². The van der Waals surface area contributed by atoms with E-state index in [-0.39, 0.29) is 27.9 Å². The molecule has 1 N–H and O–H groups in total. The zero-order valence-corrected chi connectivity index (χ0v) is 30.0. The smallest absolute Gasteiger partial charge is 0.338 e. The van der Waals surface area contributed by atoms with Crippen molar-refractivity contribution in [1.82, 2.24) is 19.5 Å². The summed E-state index contributed by atoms with van der Waals surface area (Å²) in [5, 5.41) is 0. The zero-order valence-electron chi connectivity index (χ0n) is 30.0. The summed E-state index contributed by atoms with van der Waals surface area (Å²) >= 11 is 0. The Morgan fingerprint density at radius 1 is 0.579 bits per heavy atom. The van der Waals surface area contributed by atoms with Gasteiger partial charge in [0.2, 0.25) is 0 Å². The van der Waals surface area contributed by atoms with Crippen molar-refractivity contribution in [3.63, 3.8) is 0 Å². The van der Waals surface area contributed by atoms with Crippen LogP contribution >= 0.6 is 0 Å². The van der Waals surface area contributed by atoms with Gasteiger partial charge in [0.25, 0.3) is 5.56 Å². The summed E-state index contributed by atoms with van der Waals surface area (Å²) in [7, 11) is 0. The molecule has 0 amide bonds. The van der Waals surface area contributed by atoms with Gasteiger partial charge in [-0.1, -0.05) is 115 Å². The number of hydrogen-bond acceptors (Lipinski definition) is 11. The number of H-pyrrole nitrogens is 1. The monoisotopic (exact) mass is 760 g/mol. The van der Waals surface area contributed by atoms with Gasteiger partial charge in [-0.25, -0.2) is 33.7 Å². The molecule has 0 bridgehead atoms. The fourth-order valence-electron chi connectivity index (χ4n) is 6.53. The molecule has 13 nitrogen and oxygen atoms in total. The van der Waals surface area contributed by atoms with Gasteiger partial charge in [-0.3, -0.25) is 9.78 Å². The Labute approximate surface area is 324 Å². The van der Waals surface area contributed by atoms with Crippen molar-refractivity contribution in [2.45, 2.75) is 24.5 Å². The second-order valence-electron chi connectivity index (χ2n) is 13.0. The van der Waals surface area contributed by atoms with Crippen LogP contribution < -0.4 is 11.2 Å². The first-order valence-electron chi connectivity index (χ1n) is 17.9. The second kappa shape index (κ2) is 16.1. The molecule has 0 spiro atoms. The number of rotatable bonds is 10. The predicted molar refractivity (Wildman–Crippen MR) is 207 cm³/mol. The van der Waals surface area contributed by atoms with Crippen LogP contribution in [0.3, 0.4) is 0 Å². The van der Waals surface area contributed by atoms with E-state index in [1.165, 1.54) is 24.3 Å². The van der Waals surface area contributed by atoms with Crippen molar-refractivity contribution in [1.29, 1.82) is 0 Å². The topological polar surface area (TPSA) is 169 Å². The summed E-state index contributed by atoms with van der Waals surface area (Å²) < 4.78 is 24.6. The van der Waals surface area contributed by atoms with E-state index in [2.05, 4.69) is 4.98 Å². The number of esters is 3. The Kier molecular flexibility index (Phi) is 10.3. The SMILES string of the molecule is O=C(OC[C@H]1O[C@@H](n2c(=O)[nH]c3nc(-c4ccccc4)c(-c4ccccc4)nc3c2=O)[C@H](OC(=O)c2ccccc2)[C@@H]1OC(=O)c1ccccc1)c1ccccc1. The van der Waals surface area contributed by atoms with Crippen LogP contribution in [0, 0.1) is 0 Å². The lowest BCUT2D eigenvalue weighted by molar-refractivity contribution is -0.0650. The third-order valence-corrected chi connectivity index (χ3v) is 9.29. The molecule has 0 unspecified atom stereocenters. The van der Waals surface area contributed by atoms with Crippen LogP contribution in [-0.2, 0) is 18.9 Å². The molecule has 4 atom stereocenters. The summed E-state index contributed by atoms with van der Waals surface area (Å²) in [6.07, 6.45) is -6.15. The molecular weight excluding hydrogens is 729 g/mol. The summed E-state index contributed by atoms with van der Waals surface area (Å²) in [6.45, 7) is -0.519. The van der Waals surface area contributed by atoms with E-state index in [0.29, 0.717) is 27.1 Å². The highest BCUT2D eigenvalue weighted by molar-refractivity contribution is 5.91. The van der Waals surface area contributed by atoms with Gasteiger partial charge in [0, 0.05) is 11.1 Å². The largest absolute Gasteiger partial charge is 0.459 e. The number of fused-ring (bicyclic) bond motifs is 1. The fraction of sp³-hybridized carbons (Fsp3) is 0.114. The molecule has 1 fully saturated rings. The number of aromatic amines is 1. The number of aromatic nitrogens is 4.